The van der Waals surface area contributed by atoms with Crippen LogP contribution in [-0.2, 0) is 14.3 Å². The van der Waals surface area contributed by atoms with Gasteiger partial charge in [-0.1, -0.05) is 20.8 Å². The molecule has 0 aromatic heterocycles. The molecule has 1 aromatic carbocycles. The van der Waals surface area contributed by atoms with Gasteiger partial charge in [-0.25, -0.2) is 4.39 Å². The smallest absolute Gasteiger partial charge is 0.306 e. The number of hydrogen-bond donors (Lipinski definition) is 1. The number of benzene rings is 1. The summed E-state index contributed by atoms with van der Waals surface area (Å²) in [6.45, 7) is 10.4. The second-order valence-corrected chi connectivity index (χ2v) is 7.73. The van der Waals surface area contributed by atoms with Crippen molar-refractivity contribution in [1.29, 1.82) is 0 Å². The zero-order valence-electron chi connectivity index (χ0n) is 17.0. The minimum Gasteiger partial charge on any atom is -0.466 e. The lowest BCUT2D eigenvalue weighted by Gasteiger charge is -2.38. The van der Waals surface area contributed by atoms with Gasteiger partial charge in [-0.3, -0.25) is 4.79 Å². The van der Waals surface area contributed by atoms with Crippen molar-refractivity contribution in [1.82, 2.24) is 0 Å². The molecule has 0 radical (unpaired) electrons. The van der Waals surface area contributed by atoms with Crippen molar-refractivity contribution in [2.75, 3.05) is 37.0 Å². The van der Waals surface area contributed by atoms with Gasteiger partial charge in [0, 0.05) is 25.8 Å². The summed E-state index contributed by atoms with van der Waals surface area (Å²) >= 11 is 0. The Bertz CT molecular complexity index is 630. The largest absolute Gasteiger partial charge is 0.466 e. The molecule has 0 aliphatic carbocycles. The quantitative estimate of drug-likeness (QED) is 0.543. The number of anilines is 2. The van der Waals surface area contributed by atoms with Crippen molar-refractivity contribution in [3.05, 3.63) is 23.5 Å². The maximum atomic E-state index is 14.9. The number of carbonyl (C=O) groups is 1. The zero-order chi connectivity index (χ0) is 20.0. The summed E-state index contributed by atoms with van der Waals surface area (Å²) < 4.78 is 25.4. The highest BCUT2D eigenvalue weighted by molar-refractivity contribution is 5.72. The second-order valence-electron chi connectivity index (χ2n) is 7.73. The predicted octanol–water partition coefficient (Wildman–Crippen LogP) is 4.11. The van der Waals surface area contributed by atoms with Gasteiger partial charge in [0.05, 0.1) is 24.4 Å². The van der Waals surface area contributed by atoms with E-state index in [1.54, 1.807) is 13.0 Å². The van der Waals surface area contributed by atoms with Crippen molar-refractivity contribution >= 4 is 17.3 Å². The molecule has 2 rings (SSSR count). The lowest BCUT2D eigenvalue weighted by Crippen LogP contribution is -2.42. The fraction of sp³-hybridized carbons (Fsp3) is 0.667. The molecule has 0 unspecified atom stereocenters. The van der Waals surface area contributed by atoms with Crippen LogP contribution in [0.2, 0.25) is 0 Å². The van der Waals surface area contributed by atoms with Crippen LogP contribution in [0.25, 0.3) is 0 Å². The van der Waals surface area contributed by atoms with E-state index in [1.807, 2.05) is 6.92 Å². The molecule has 0 spiro atoms. The minimum absolute atomic E-state index is 0.138. The Balaban J connectivity index is 2.27. The average Bonchev–Trinajstić information content (AvgIpc) is 2.62. The van der Waals surface area contributed by atoms with Crippen molar-refractivity contribution in [2.24, 2.45) is 5.92 Å². The first kappa shape index (κ1) is 21.5. The molecule has 1 atom stereocenters. The summed E-state index contributed by atoms with van der Waals surface area (Å²) in [5.41, 5.74) is 8.09. The normalized spacial score (nSPS) is 16.4. The number of hydrogen-bond acceptors (Lipinski definition) is 5. The number of nitrogen functional groups attached to an aromatic ring is 1. The van der Waals surface area contributed by atoms with E-state index in [2.05, 4.69) is 18.7 Å². The molecule has 2 N–H and O–H groups in total. The van der Waals surface area contributed by atoms with Gasteiger partial charge < -0.3 is 20.1 Å². The number of esters is 1. The summed E-state index contributed by atoms with van der Waals surface area (Å²) in [5, 5.41) is 0. The summed E-state index contributed by atoms with van der Waals surface area (Å²) in [6, 6.07) is 3.51. The molecule has 1 aliphatic rings. The van der Waals surface area contributed by atoms with E-state index >= 15 is 0 Å². The highest BCUT2D eigenvalue weighted by atomic mass is 19.1. The first-order chi connectivity index (χ1) is 12.8. The van der Waals surface area contributed by atoms with Gasteiger partial charge in [0.15, 0.2) is 0 Å². The van der Waals surface area contributed by atoms with E-state index in [-0.39, 0.29) is 24.1 Å². The standard InChI is InChI=1S/C21H33FN2O3/c1-5-27-21(25)10-15(4)17-11-19(23)20(12-18(17)22)24(13-14(2)3)16-6-8-26-9-7-16/h11-12,14-16H,5-10,13,23H2,1-4H3/t15-/m1/s1. The molecule has 1 aromatic rings. The molecular formula is C21H33FN2O3. The molecule has 5 nitrogen and oxygen atoms in total. The molecule has 6 heteroatoms. The van der Waals surface area contributed by atoms with Crippen LogP contribution in [0.1, 0.15) is 58.4 Å². The van der Waals surface area contributed by atoms with Crippen LogP contribution < -0.4 is 10.6 Å². The lowest BCUT2D eigenvalue weighted by atomic mass is 9.95. The van der Waals surface area contributed by atoms with Crippen LogP contribution in [0.3, 0.4) is 0 Å². The van der Waals surface area contributed by atoms with Crippen LogP contribution in [0.5, 0.6) is 0 Å². The predicted molar refractivity (Wildman–Crippen MR) is 107 cm³/mol. The fourth-order valence-electron chi connectivity index (χ4n) is 3.64. The summed E-state index contributed by atoms with van der Waals surface area (Å²) in [4.78, 5) is 14.0. The first-order valence-electron chi connectivity index (χ1n) is 9.92. The highest BCUT2D eigenvalue weighted by Crippen LogP contribution is 2.34. The van der Waals surface area contributed by atoms with Gasteiger partial charge in [0.2, 0.25) is 0 Å². The molecule has 0 bridgehead atoms. The van der Waals surface area contributed by atoms with Crippen molar-refractivity contribution in [2.45, 2.75) is 58.9 Å². The zero-order valence-corrected chi connectivity index (χ0v) is 17.0. The number of halogens is 1. The number of nitrogens with zero attached hydrogens (tertiary/aromatic N) is 1. The lowest BCUT2D eigenvalue weighted by molar-refractivity contribution is -0.143. The van der Waals surface area contributed by atoms with Crippen molar-refractivity contribution in [3.63, 3.8) is 0 Å². The van der Waals surface area contributed by atoms with Gasteiger partial charge in [-0.2, -0.15) is 0 Å². The topological polar surface area (TPSA) is 64.8 Å². The Morgan fingerprint density at radius 2 is 2.00 bits per heavy atom. The average molecular weight is 381 g/mol. The molecular weight excluding hydrogens is 347 g/mol. The Kier molecular flexibility index (Phi) is 7.90. The third kappa shape index (κ3) is 5.83. The van der Waals surface area contributed by atoms with E-state index in [1.165, 1.54) is 6.07 Å². The van der Waals surface area contributed by atoms with Crippen molar-refractivity contribution in [3.8, 4) is 0 Å². The Morgan fingerprint density at radius 3 is 2.59 bits per heavy atom. The number of nitrogens with two attached hydrogens (primary N) is 1. The number of carbonyl (C=O) groups excluding carboxylic acids is 1. The molecule has 1 aliphatic heterocycles. The van der Waals surface area contributed by atoms with E-state index < -0.39 is 0 Å². The third-order valence-electron chi connectivity index (χ3n) is 4.96. The highest BCUT2D eigenvalue weighted by Gasteiger charge is 2.26. The maximum absolute atomic E-state index is 14.9. The number of ether oxygens (including phenoxy) is 2. The molecule has 1 heterocycles. The minimum atomic E-state index is -0.323. The van der Waals surface area contributed by atoms with E-state index in [4.69, 9.17) is 15.2 Å². The van der Waals surface area contributed by atoms with Crippen molar-refractivity contribution < 1.29 is 18.7 Å². The van der Waals surface area contributed by atoms with E-state index in [0.717, 1.165) is 38.3 Å². The van der Waals surface area contributed by atoms with Gasteiger partial charge in [-0.05, 0) is 49.3 Å². The molecule has 1 saturated heterocycles. The molecule has 1 fully saturated rings. The van der Waals surface area contributed by atoms with E-state index in [0.29, 0.717) is 29.8 Å². The molecule has 0 amide bonds. The Labute approximate surface area is 162 Å². The van der Waals surface area contributed by atoms with Crippen LogP contribution in [0.15, 0.2) is 12.1 Å². The maximum Gasteiger partial charge on any atom is 0.306 e. The molecule has 152 valence electrons. The third-order valence-corrected chi connectivity index (χ3v) is 4.96. The van der Waals surface area contributed by atoms with Gasteiger partial charge in [-0.15, -0.1) is 0 Å². The van der Waals surface area contributed by atoms with Gasteiger partial charge in [0.25, 0.3) is 0 Å². The fourth-order valence-corrected chi connectivity index (χ4v) is 3.64. The van der Waals surface area contributed by atoms with Crippen LogP contribution in [0.4, 0.5) is 15.8 Å². The molecule has 27 heavy (non-hydrogen) atoms. The Morgan fingerprint density at radius 1 is 1.33 bits per heavy atom. The SMILES string of the molecule is CCOC(=O)C[C@@H](C)c1cc(N)c(N(CC(C)C)C2CCOCC2)cc1F. The summed E-state index contributed by atoms with van der Waals surface area (Å²) in [6.07, 6.45) is 1.96. The summed E-state index contributed by atoms with van der Waals surface area (Å²) in [7, 11) is 0. The van der Waals surface area contributed by atoms with Crippen LogP contribution in [0, 0.1) is 11.7 Å². The van der Waals surface area contributed by atoms with Gasteiger partial charge >= 0.3 is 5.97 Å². The second kappa shape index (κ2) is 9.93. The Hall–Kier alpha value is -1.82. The number of rotatable bonds is 8. The van der Waals surface area contributed by atoms with E-state index in [9.17, 15) is 9.18 Å². The summed E-state index contributed by atoms with van der Waals surface area (Å²) in [5.74, 6) is -0.507. The molecule has 0 saturated carbocycles. The monoisotopic (exact) mass is 380 g/mol. The van der Waals surface area contributed by atoms with Crippen LogP contribution in [-0.4, -0.2) is 38.4 Å². The first-order valence-corrected chi connectivity index (χ1v) is 9.92. The van der Waals surface area contributed by atoms with Crippen LogP contribution >= 0.6 is 0 Å². The van der Waals surface area contributed by atoms with Gasteiger partial charge in [0.1, 0.15) is 5.82 Å².